The highest BCUT2D eigenvalue weighted by Crippen LogP contribution is 2.33. The van der Waals surface area contributed by atoms with Gasteiger partial charge in [-0.05, 0) is 65.5 Å². The van der Waals surface area contributed by atoms with E-state index in [0.29, 0.717) is 12.3 Å². The van der Waals surface area contributed by atoms with Gasteiger partial charge in [0.15, 0.2) is 6.61 Å². The van der Waals surface area contributed by atoms with Gasteiger partial charge in [0.25, 0.3) is 5.91 Å². The van der Waals surface area contributed by atoms with Gasteiger partial charge in [0, 0.05) is 12.6 Å². The Bertz CT molecular complexity index is 1130. The third-order valence-corrected chi connectivity index (χ3v) is 6.60. The largest absolute Gasteiger partial charge is 0.483 e. The first-order chi connectivity index (χ1) is 15.8. The maximum absolute atomic E-state index is 13.3. The number of fused-ring (bicyclic) bond motifs is 1. The van der Waals surface area contributed by atoms with Crippen molar-refractivity contribution in [3.63, 3.8) is 0 Å². The lowest BCUT2D eigenvalue weighted by atomic mass is 10.1. The summed E-state index contributed by atoms with van der Waals surface area (Å²) in [6, 6.07) is 19.2. The number of benzene rings is 3. The average Bonchev–Trinajstić information content (AvgIpc) is 2.81. The van der Waals surface area contributed by atoms with Crippen LogP contribution in [0.2, 0.25) is 0 Å². The molecular weight excluding hydrogens is 480 g/mol. The number of nitrogens with zero attached hydrogens (tertiary/aromatic N) is 1. The van der Waals surface area contributed by atoms with Crippen LogP contribution in [-0.2, 0) is 16.1 Å². The van der Waals surface area contributed by atoms with E-state index in [-0.39, 0.29) is 24.5 Å². The zero-order chi connectivity index (χ0) is 24.0. The van der Waals surface area contributed by atoms with E-state index in [1.807, 2.05) is 81.4 Å². The molecule has 2 amide bonds. The third kappa shape index (κ3) is 6.35. The lowest BCUT2D eigenvalue weighted by Gasteiger charge is -2.29. The van der Waals surface area contributed by atoms with Crippen LogP contribution >= 0.6 is 15.9 Å². The van der Waals surface area contributed by atoms with Crippen molar-refractivity contribution in [2.75, 3.05) is 6.61 Å². The highest BCUT2D eigenvalue weighted by molar-refractivity contribution is 9.10. The predicted octanol–water partition coefficient (Wildman–Crippen LogP) is 5.62. The molecule has 0 radical (unpaired) electrons. The first-order valence-electron chi connectivity index (χ1n) is 11.3. The number of nitrogens with one attached hydrogen (secondary N) is 1. The van der Waals surface area contributed by atoms with Gasteiger partial charge in [-0.2, -0.15) is 0 Å². The van der Waals surface area contributed by atoms with Gasteiger partial charge in [-0.15, -0.1) is 0 Å². The summed E-state index contributed by atoms with van der Waals surface area (Å²) in [6.07, 6.45) is 0.823. The van der Waals surface area contributed by atoms with Crippen LogP contribution in [0.3, 0.4) is 0 Å². The Kier molecular flexibility index (Phi) is 8.50. The molecule has 2 atom stereocenters. The summed E-state index contributed by atoms with van der Waals surface area (Å²) in [5, 5.41) is 5.08. The lowest BCUT2D eigenvalue weighted by Crippen LogP contribution is -2.50. The molecule has 1 N–H and O–H groups in total. The summed E-state index contributed by atoms with van der Waals surface area (Å²) >= 11 is 3.60. The topological polar surface area (TPSA) is 58.6 Å². The molecule has 0 saturated heterocycles. The summed E-state index contributed by atoms with van der Waals surface area (Å²) in [5.74, 6) is 0.176. The first-order valence-corrected chi connectivity index (χ1v) is 12.0. The van der Waals surface area contributed by atoms with Gasteiger partial charge >= 0.3 is 0 Å². The number of rotatable bonds is 9. The number of hydrogen-bond donors (Lipinski definition) is 1. The second-order valence-electron chi connectivity index (χ2n) is 8.39. The molecule has 0 spiro atoms. The first kappa shape index (κ1) is 24.8. The summed E-state index contributed by atoms with van der Waals surface area (Å²) in [5.41, 5.74) is 2.08. The number of hydrogen-bond acceptors (Lipinski definition) is 3. The fourth-order valence-corrected chi connectivity index (χ4v) is 4.21. The molecule has 0 bridgehead atoms. The normalized spacial score (nSPS) is 12.8. The maximum atomic E-state index is 13.3. The summed E-state index contributed by atoms with van der Waals surface area (Å²) in [4.78, 5) is 27.7. The molecule has 5 nitrogen and oxygen atoms in total. The Morgan fingerprint density at radius 3 is 2.55 bits per heavy atom. The van der Waals surface area contributed by atoms with Crippen molar-refractivity contribution < 1.29 is 14.3 Å². The maximum Gasteiger partial charge on any atom is 0.261 e. The zero-order valence-corrected chi connectivity index (χ0v) is 21.2. The van der Waals surface area contributed by atoms with E-state index in [2.05, 4.69) is 21.2 Å². The van der Waals surface area contributed by atoms with E-state index in [1.54, 1.807) is 11.8 Å². The van der Waals surface area contributed by atoms with Gasteiger partial charge in [0.2, 0.25) is 5.91 Å². The minimum atomic E-state index is -0.629. The third-order valence-electron chi connectivity index (χ3n) is 5.78. The summed E-state index contributed by atoms with van der Waals surface area (Å²) in [7, 11) is 0. The van der Waals surface area contributed by atoms with Crippen LogP contribution in [0.5, 0.6) is 5.75 Å². The quantitative estimate of drug-likeness (QED) is 0.406. The predicted molar refractivity (Wildman–Crippen MR) is 136 cm³/mol. The van der Waals surface area contributed by atoms with Crippen molar-refractivity contribution >= 4 is 38.5 Å². The molecule has 0 saturated carbocycles. The van der Waals surface area contributed by atoms with Gasteiger partial charge < -0.3 is 15.0 Å². The van der Waals surface area contributed by atoms with E-state index >= 15 is 0 Å². The molecule has 33 heavy (non-hydrogen) atoms. The average molecular weight is 511 g/mol. The molecule has 0 heterocycles. The molecule has 0 unspecified atom stereocenters. The lowest BCUT2D eigenvalue weighted by molar-refractivity contribution is -0.142. The smallest absolute Gasteiger partial charge is 0.261 e. The monoisotopic (exact) mass is 510 g/mol. The highest BCUT2D eigenvalue weighted by Gasteiger charge is 2.27. The second-order valence-corrected chi connectivity index (χ2v) is 9.19. The van der Waals surface area contributed by atoms with Crippen LogP contribution in [0.1, 0.15) is 38.3 Å². The standard InChI is InChI=1S/C27H31BrN2O3/c1-5-19(3)29-27(32)20(4)30(16-21-10-8-9-18(2)15-21)25(31)17-33-24-14-13-22-11-6-7-12-23(22)26(24)28/h6-15,19-20H,5,16-17H2,1-4H3,(H,29,32)/t19-,20-/m0/s1. The van der Waals surface area contributed by atoms with Crippen molar-refractivity contribution in [2.45, 2.75) is 52.7 Å². The molecule has 6 heteroatoms. The van der Waals surface area contributed by atoms with Gasteiger partial charge in [-0.25, -0.2) is 0 Å². The number of carbonyl (C=O) groups excluding carboxylic acids is 2. The van der Waals surface area contributed by atoms with Gasteiger partial charge in [-0.1, -0.05) is 67.1 Å². The van der Waals surface area contributed by atoms with E-state index in [9.17, 15) is 9.59 Å². The molecule has 3 aromatic rings. The van der Waals surface area contributed by atoms with Crippen LogP contribution in [0.25, 0.3) is 10.8 Å². The SMILES string of the molecule is CC[C@H](C)NC(=O)[C@H](C)N(Cc1cccc(C)c1)C(=O)COc1ccc2ccccc2c1Br. The zero-order valence-electron chi connectivity index (χ0n) is 19.6. The van der Waals surface area contributed by atoms with Crippen LogP contribution in [0.4, 0.5) is 0 Å². The van der Waals surface area contributed by atoms with Crippen molar-refractivity contribution in [3.8, 4) is 5.75 Å². The summed E-state index contributed by atoms with van der Waals surface area (Å²) in [6.45, 7) is 7.91. The number of carbonyl (C=O) groups is 2. The molecule has 174 valence electrons. The number of ether oxygens (including phenoxy) is 1. The van der Waals surface area contributed by atoms with Crippen molar-refractivity contribution in [1.82, 2.24) is 10.2 Å². The molecule has 3 aromatic carbocycles. The van der Waals surface area contributed by atoms with Crippen LogP contribution < -0.4 is 10.1 Å². The van der Waals surface area contributed by atoms with Crippen LogP contribution in [0.15, 0.2) is 65.1 Å². The number of aryl methyl sites for hydroxylation is 1. The van der Waals surface area contributed by atoms with Crippen molar-refractivity contribution in [3.05, 3.63) is 76.3 Å². The Balaban J connectivity index is 1.79. The minimum Gasteiger partial charge on any atom is -0.483 e. The Morgan fingerprint density at radius 1 is 1.06 bits per heavy atom. The number of amides is 2. The van der Waals surface area contributed by atoms with Crippen LogP contribution in [0, 0.1) is 6.92 Å². The molecule has 0 aliphatic carbocycles. The van der Waals surface area contributed by atoms with Crippen molar-refractivity contribution in [2.24, 2.45) is 0 Å². The Labute approximate surface area is 204 Å². The Morgan fingerprint density at radius 2 is 1.82 bits per heavy atom. The summed E-state index contributed by atoms with van der Waals surface area (Å²) < 4.78 is 6.72. The molecule has 0 aliphatic heterocycles. The van der Waals surface area contributed by atoms with Crippen LogP contribution in [-0.4, -0.2) is 35.4 Å². The molecule has 3 rings (SSSR count). The number of halogens is 1. The van der Waals surface area contributed by atoms with E-state index in [4.69, 9.17) is 4.74 Å². The second kappa shape index (κ2) is 11.3. The highest BCUT2D eigenvalue weighted by atomic mass is 79.9. The van der Waals surface area contributed by atoms with Gasteiger partial charge in [0.1, 0.15) is 11.8 Å². The molecule has 0 aliphatic rings. The fraction of sp³-hybridized carbons (Fsp3) is 0.333. The van der Waals surface area contributed by atoms with E-state index in [1.165, 1.54) is 0 Å². The van der Waals surface area contributed by atoms with Gasteiger partial charge in [-0.3, -0.25) is 9.59 Å². The van der Waals surface area contributed by atoms with Crippen molar-refractivity contribution in [1.29, 1.82) is 0 Å². The minimum absolute atomic E-state index is 0.0423. The van der Waals surface area contributed by atoms with Gasteiger partial charge in [0.05, 0.1) is 4.47 Å². The van der Waals surface area contributed by atoms with E-state index < -0.39 is 6.04 Å². The fourth-order valence-electron chi connectivity index (χ4n) is 3.60. The molecular formula is C27H31BrN2O3. The van der Waals surface area contributed by atoms with E-state index in [0.717, 1.165) is 32.8 Å². The molecule has 0 aromatic heterocycles. The molecule has 0 fully saturated rings. The Hall–Kier alpha value is -2.86.